The van der Waals surface area contributed by atoms with Crippen molar-refractivity contribution in [1.82, 2.24) is 5.32 Å². The van der Waals surface area contributed by atoms with E-state index in [0.29, 0.717) is 18.5 Å². The topological polar surface area (TPSA) is 50.4 Å². The smallest absolute Gasteiger partial charge is 0.138 e. The molecule has 1 aromatic carbocycles. The van der Waals surface area contributed by atoms with Crippen LogP contribution in [0.15, 0.2) is 40.7 Å². The number of nitrogens with one attached hydrogen (secondary N) is 1. The van der Waals surface area contributed by atoms with Gasteiger partial charge in [0, 0.05) is 20.0 Å². The Kier molecular flexibility index (Phi) is 5.35. The summed E-state index contributed by atoms with van der Waals surface area (Å²) in [5, 5.41) is 5.86. The molecule has 0 radical (unpaired) electrons. The van der Waals surface area contributed by atoms with E-state index >= 15 is 0 Å². The average molecular weight is 301 g/mol. The molecule has 0 bridgehead atoms. The third-order valence-electron chi connectivity index (χ3n) is 2.81. The van der Waals surface area contributed by atoms with Crippen LogP contribution in [-0.2, 0) is 0 Å². The third-order valence-corrected chi connectivity index (χ3v) is 3.56. The first-order valence-electron chi connectivity index (χ1n) is 6.49. The van der Waals surface area contributed by atoms with Gasteiger partial charge in [-0.25, -0.2) is 4.39 Å². The van der Waals surface area contributed by atoms with Crippen molar-refractivity contribution in [2.24, 2.45) is 4.99 Å². The zero-order valence-electron chi connectivity index (χ0n) is 11.7. The van der Waals surface area contributed by atoms with Crippen molar-refractivity contribution in [3.8, 4) is 11.8 Å². The van der Waals surface area contributed by atoms with Gasteiger partial charge in [-0.1, -0.05) is 24.0 Å². The van der Waals surface area contributed by atoms with Gasteiger partial charge in [0.15, 0.2) is 0 Å². The number of amidine groups is 1. The van der Waals surface area contributed by atoms with Crippen LogP contribution in [0.3, 0.4) is 0 Å². The summed E-state index contributed by atoms with van der Waals surface area (Å²) in [6.07, 6.45) is 0.595. The van der Waals surface area contributed by atoms with Crippen molar-refractivity contribution in [2.45, 2.75) is 6.42 Å². The first-order chi connectivity index (χ1) is 10.2. The number of anilines is 1. The second-order valence-corrected chi connectivity index (χ2v) is 5.18. The molecule has 21 heavy (non-hydrogen) atoms. The van der Waals surface area contributed by atoms with Crippen LogP contribution >= 0.6 is 11.3 Å². The lowest BCUT2D eigenvalue weighted by Gasteiger charge is -2.06. The highest BCUT2D eigenvalue weighted by molar-refractivity contribution is 7.14. The zero-order chi connectivity index (χ0) is 15.1. The van der Waals surface area contributed by atoms with Crippen molar-refractivity contribution in [3.63, 3.8) is 0 Å². The average Bonchev–Trinajstić information content (AvgIpc) is 2.91. The van der Waals surface area contributed by atoms with Crippen LogP contribution in [-0.4, -0.2) is 19.4 Å². The molecule has 0 saturated carbocycles. The number of nitrogens with two attached hydrogens (primary N) is 1. The number of nitrogen functional groups attached to an aromatic ring is 1. The van der Waals surface area contributed by atoms with Crippen LogP contribution in [0.2, 0.25) is 0 Å². The van der Waals surface area contributed by atoms with Gasteiger partial charge in [-0.05, 0) is 23.6 Å². The third kappa shape index (κ3) is 4.07. The zero-order valence-corrected chi connectivity index (χ0v) is 12.5. The molecule has 0 unspecified atom stereocenters. The Labute approximate surface area is 127 Å². The molecule has 2 aromatic rings. The van der Waals surface area contributed by atoms with Crippen molar-refractivity contribution >= 4 is 22.2 Å². The molecule has 108 valence electrons. The van der Waals surface area contributed by atoms with Crippen LogP contribution in [0.1, 0.15) is 17.5 Å². The number of nitrogens with zero attached hydrogens (tertiary/aromatic N) is 1. The van der Waals surface area contributed by atoms with Gasteiger partial charge in [-0.3, -0.25) is 4.99 Å². The van der Waals surface area contributed by atoms with Gasteiger partial charge in [0.25, 0.3) is 0 Å². The summed E-state index contributed by atoms with van der Waals surface area (Å²) in [6, 6.07) is 8.43. The second-order valence-electron chi connectivity index (χ2n) is 4.23. The maximum atomic E-state index is 13.4. The predicted molar refractivity (Wildman–Crippen MR) is 87.1 cm³/mol. The molecule has 0 aliphatic carbocycles. The molecule has 1 heterocycles. The first kappa shape index (κ1) is 15.1. The van der Waals surface area contributed by atoms with Crippen molar-refractivity contribution in [3.05, 3.63) is 52.7 Å². The fourth-order valence-electron chi connectivity index (χ4n) is 1.78. The number of aliphatic imine (C=N–C) groups is 1. The molecule has 0 aliphatic heterocycles. The van der Waals surface area contributed by atoms with E-state index in [1.807, 2.05) is 11.4 Å². The van der Waals surface area contributed by atoms with Crippen LogP contribution in [0.5, 0.6) is 0 Å². The monoisotopic (exact) mass is 301 g/mol. The van der Waals surface area contributed by atoms with E-state index in [4.69, 9.17) is 5.73 Å². The summed E-state index contributed by atoms with van der Waals surface area (Å²) in [7, 11) is 1.71. The summed E-state index contributed by atoms with van der Waals surface area (Å²) >= 11 is 1.48. The maximum absolute atomic E-state index is 13.4. The lowest BCUT2D eigenvalue weighted by molar-refractivity contribution is 0.624. The Morgan fingerprint density at radius 3 is 2.86 bits per heavy atom. The number of benzene rings is 1. The summed E-state index contributed by atoms with van der Waals surface area (Å²) in [6.45, 7) is 0.628. The van der Waals surface area contributed by atoms with Crippen molar-refractivity contribution in [2.75, 3.05) is 19.3 Å². The molecule has 0 amide bonds. The Morgan fingerprint density at radius 1 is 1.38 bits per heavy atom. The van der Waals surface area contributed by atoms with E-state index in [9.17, 15) is 4.39 Å². The first-order valence-corrected chi connectivity index (χ1v) is 7.37. The normalized spacial score (nSPS) is 10.9. The van der Waals surface area contributed by atoms with Crippen LogP contribution < -0.4 is 11.1 Å². The molecule has 0 aliphatic rings. The number of hydrogen-bond acceptors (Lipinski definition) is 3. The fourth-order valence-corrected chi connectivity index (χ4v) is 2.42. The van der Waals surface area contributed by atoms with Gasteiger partial charge in [0.2, 0.25) is 0 Å². The molecule has 0 fully saturated rings. The van der Waals surface area contributed by atoms with Gasteiger partial charge in [-0.2, -0.15) is 0 Å². The minimum absolute atomic E-state index is 0.292. The summed E-state index contributed by atoms with van der Waals surface area (Å²) in [5.74, 6) is 6.23. The van der Waals surface area contributed by atoms with Gasteiger partial charge in [0.05, 0.1) is 16.1 Å². The number of rotatable bonds is 3. The fraction of sp³-hybridized carbons (Fsp3) is 0.188. The molecule has 0 spiro atoms. The molecule has 0 saturated heterocycles. The maximum Gasteiger partial charge on any atom is 0.138 e. The molecule has 0 atom stereocenters. The van der Waals surface area contributed by atoms with E-state index in [-0.39, 0.29) is 5.82 Å². The Hall–Kier alpha value is -2.32. The van der Waals surface area contributed by atoms with Gasteiger partial charge in [0.1, 0.15) is 11.7 Å². The number of thiophene rings is 1. The highest BCUT2D eigenvalue weighted by Gasteiger charge is 2.06. The van der Waals surface area contributed by atoms with Crippen LogP contribution in [0.4, 0.5) is 9.39 Å². The molecule has 3 nitrogen and oxygen atoms in total. The molecular formula is C16H16FN3S. The SMILES string of the molecule is CN=C(NCCC#Cc1ccccc1F)c1ccsc1N. The molecular weight excluding hydrogens is 285 g/mol. The van der Waals surface area contributed by atoms with E-state index in [1.54, 1.807) is 25.2 Å². The summed E-state index contributed by atoms with van der Waals surface area (Å²) in [5.41, 5.74) is 7.20. The Balaban J connectivity index is 1.88. The van der Waals surface area contributed by atoms with Crippen LogP contribution in [0.25, 0.3) is 0 Å². The second kappa shape index (κ2) is 7.46. The minimum atomic E-state index is -0.292. The minimum Gasteiger partial charge on any atom is -0.390 e. The Bertz CT molecular complexity index is 695. The van der Waals surface area contributed by atoms with Gasteiger partial charge >= 0.3 is 0 Å². The van der Waals surface area contributed by atoms with Gasteiger partial charge in [-0.15, -0.1) is 11.3 Å². The predicted octanol–water partition coefficient (Wildman–Crippen LogP) is 2.88. The molecule has 1 aromatic heterocycles. The highest BCUT2D eigenvalue weighted by atomic mass is 32.1. The van der Waals surface area contributed by atoms with E-state index in [2.05, 4.69) is 22.2 Å². The summed E-state index contributed by atoms with van der Waals surface area (Å²) < 4.78 is 13.4. The Morgan fingerprint density at radius 2 is 2.19 bits per heavy atom. The lowest BCUT2D eigenvalue weighted by atomic mass is 10.2. The lowest BCUT2D eigenvalue weighted by Crippen LogP contribution is -2.25. The highest BCUT2D eigenvalue weighted by Crippen LogP contribution is 2.18. The number of halogens is 1. The number of hydrogen-bond donors (Lipinski definition) is 2. The molecule has 2 rings (SSSR count). The van der Waals surface area contributed by atoms with E-state index in [0.717, 1.165) is 16.4 Å². The van der Waals surface area contributed by atoms with Crippen LogP contribution in [0, 0.1) is 17.7 Å². The largest absolute Gasteiger partial charge is 0.390 e. The van der Waals surface area contributed by atoms with E-state index in [1.165, 1.54) is 17.4 Å². The standard InChI is InChI=1S/C16H16FN3S/c1-19-16(13-9-11-21-15(13)18)20-10-5-4-7-12-6-2-3-8-14(12)17/h2-3,6,8-9,11H,5,10,18H2,1H3,(H,19,20). The molecule has 5 heteroatoms. The van der Waals surface area contributed by atoms with Crippen molar-refractivity contribution in [1.29, 1.82) is 0 Å². The quantitative estimate of drug-likeness (QED) is 0.396. The molecule has 3 N–H and O–H groups in total. The van der Waals surface area contributed by atoms with E-state index < -0.39 is 0 Å². The van der Waals surface area contributed by atoms with Crippen molar-refractivity contribution < 1.29 is 4.39 Å². The summed E-state index contributed by atoms with van der Waals surface area (Å²) in [4.78, 5) is 4.19. The van der Waals surface area contributed by atoms with Gasteiger partial charge < -0.3 is 11.1 Å².